The first-order valence-electron chi connectivity index (χ1n) is 10.1. The number of fused-ring (bicyclic) bond motifs is 3. The molecule has 1 aliphatic carbocycles. The maximum absolute atomic E-state index is 12.4. The van der Waals surface area contributed by atoms with Crippen molar-refractivity contribution in [1.29, 1.82) is 0 Å². The first kappa shape index (κ1) is 22.1. The van der Waals surface area contributed by atoms with E-state index >= 15 is 0 Å². The lowest BCUT2D eigenvalue weighted by Gasteiger charge is -2.20. The SMILES string of the molecule is C=CCC(NC(=O)OCC1c2ccccc2-c2ccccc21)C(=O)N[C@@H](C)CC(=O)O. The van der Waals surface area contributed by atoms with Crippen LogP contribution in [0.2, 0.25) is 0 Å². The molecule has 0 aromatic heterocycles. The van der Waals surface area contributed by atoms with E-state index < -0.39 is 30.1 Å². The van der Waals surface area contributed by atoms with Gasteiger partial charge in [-0.1, -0.05) is 54.6 Å². The monoisotopic (exact) mass is 422 g/mol. The van der Waals surface area contributed by atoms with E-state index in [9.17, 15) is 14.4 Å². The second-order valence-electron chi connectivity index (χ2n) is 7.55. The molecule has 1 unspecified atom stereocenters. The zero-order valence-electron chi connectivity index (χ0n) is 17.3. The van der Waals surface area contributed by atoms with Crippen LogP contribution in [0.15, 0.2) is 61.2 Å². The van der Waals surface area contributed by atoms with E-state index in [-0.39, 0.29) is 25.4 Å². The number of amides is 2. The van der Waals surface area contributed by atoms with Crippen LogP contribution in [-0.4, -0.2) is 41.8 Å². The van der Waals surface area contributed by atoms with Crippen molar-refractivity contribution in [2.24, 2.45) is 0 Å². The molecule has 2 aromatic carbocycles. The third-order valence-electron chi connectivity index (χ3n) is 5.22. The molecule has 2 atom stereocenters. The Labute approximate surface area is 181 Å². The van der Waals surface area contributed by atoms with E-state index in [1.54, 1.807) is 6.92 Å². The molecule has 0 bridgehead atoms. The van der Waals surface area contributed by atoms with Gasteiger partial charge in [-0.25, -0.2) is 4.79 Å². The molecule has 162 valence electrons. The van der Waals surface area contributed by atoms with Crippen LogP contribution >= 0.6 is 0 Å². The molecule has 0 aliphatic heterocycles. The number of carboxylic acid groups (broad SMARTS) is 1. The van der Waals surface area contributed by atoms with E-state index in [0.29, 0.717) is 0 Å². The van der Waals surface area contributed by atoms with E-state index in [2.05, 4.69) is 29.3 Å². The predicted molar refractivity (Wildman–Crippen MR) is 117 cm³/mol. The lowest BCUT2D eigenvalue weighted by atomic mass is 9.98. The second kappa shape index (κ2) is 9.93. The van der Waals surface area contributed by atoms with Gasteiger partial charge in [0.2, 0.25) is 5.91 Å². The molecule has 0 saturated heterocycles. The van der Waals surface area contributed by atoms with Crippen molar-refractivity contribution >= 4 is 18.0 Å². The molecule has 0 spiro atoms. The highest BCUT2D eigenvalue weighted by Gasteiger charge is 2.29. The molecule has 31 heavy (non-hydrogen) atoms. The number of rotatable bonds is 9. The maximum atomic E-state index is 12.4. The Bertz CT molecular complexity index is 942. The van der Waals surface area contributed by atoms with Crippen LogP contribution in [-0.2, 0) is 14.3 Å². The Balaban J connectivity index is 1.62. The molecule has 0 saturated carbocycles. The molecule has 7 nitrogen and oxygen atoms in total. The summed E-state index contributed by atoms with van der Waals surface area (Å²) in [4.78, 5) is 35.7. The smallest absolute Gasteiger partial charge is 0.407 e. The topological polar surface area (TPSA) is 105 Å². The molecule has 2 amide bonds. The minimum absolute atomic E-state index is 0.0829. The van der Waals surface area contributed by atoms with Gasteiger partial charge in [-0.15, -0.1) is 6.58 Å². The van der Waals surface area contributed by atoms with Crippen molar-refractivity contribution < 1.29 is 24.2 Å². The molecule has 0 heterocycles. The maximum Gasteiger partial charge on any atom is 0.407 e. The Kier molecular flexibility index (Phi) is 7.07. The Morgan fingerprint density at radius 3 is 2.19 bits per heavy atom. The van der Waals surface area contributed by atoms with Crippen LogP contribution < -0.4 is 10.6 Å². The second-order valence-corrected chi connectivity index (χ2v) is 7.55. The van der Waals surface area contributed by atoms with Crippen molar-refractivity contribution in [3.05, 3.63) is 72.3 Å². The number of nitrogens with one attached hydrogen (secondary N) is 2. The fourth-order valence-corrected chi connectivity index (χ4v) is 3.84. The van der Waals surface area contributed by atoms with Gasteiger partial charge in [0.05, 0.1) is 6.42 Å². The highest BCUT2D eigenvalue weighted by atomic mass is 16.5. The molecule has 7 heteroatoms. The molecule has 3 N–H and O–H groups in total. The molecule has 1 aliphatic rings. The van der Waals surface area contributed by atoms with Gasteiger partial charge in [-0.2, -0.15) is 0 Å². The molecular formula is C24H26N2O5. The summed E-state index contributed by atoms with van der Waals surface area (Å²) in [5.74, 6) is -1.58. The van der Waals surface area contributed by atoms with Crippen LogP contribution in [0.25, 0.3) is 11.1 Å². The van der Waals surface area contributed by atoms with E-state index in [4.69, 9.17) is 9.84 Å². The minimum atomic E-state index is -1.02. The van der Waals surface area contributed by atoms with Gasteiger partial charge in [0, 0.05) is 12.0 Å². The number of ether oxygens (including phenoxy) is 1. The molecule has 3 rings (SSSR count). The lowest BCUT2D eigenvalue weighted by Crippen LogP contribution is -2.49. The number of carbonyl (C=O) groups is 3. The summed E-state index contributed by atoms with van der Waals surface area (Å²) in [6.45, 7) is 5.33. The number of aliphatic carboxylic acids is 1. The van der Waals surface area contributed by atoms with Gasteiger partial charge >= 0.3 is 12.1 Å². The molecular weight excluding hydrogens is 396 g/mol. The largest absolute Gasteiger partial charge is 0.481 e. The standard InChI is InChI=1S/C24H26N2O5/c1-3-8-21(23(29)25-15(2)13-22(27)28)26-24(30)31-14-20-18-11-6-4-9-16(18)17-10-5-7-12-19(17)20/h3-7,9-12,15,20-21H,1,8,13-14H2,2H3,(H,25,29)(H,26,30)(H,27,28)/t15-,21?/m0/s1. The normalized spacial score (nSPS) is 14.0. The Hall–Kier alpha value is -3.61. The minimum Gasteiger partial charge on any atom is -0.481 e. The summed E-state index contributed by atoms with van der Waals surface area (Å²) in [7, 11) is 0. The van der Waals surface area contributed by atoms with Gasteiger partial charge in [0.25, 0.3) is 0 Å². The molecule has 2 aromatic rings. The summed E-state index contributed by atoms with van der Waals surface area (Å²) in [6.07, 6.45) is 0.776. The van der Waals surface area contributed by atoms with Crippen LogP contribution in [0.4, 0.5) is 4.79 Å². The lowest BCUT2D eigenvalue weighted by molar-refractivity contribution is -0.137. The quantitative estimate of drug-likeness (QED) is 0.537. The highest BCUT2D eigenvalue weighted by molar-refractivity contribution is 5.86. The summed E-state index contributed by atoms with van der Waals surface area (Å²) >= 11 is 0. The number of hydrogen-bond donors (Lipinski definition) is 3. The Morgan fingerprint density at radius 1 is 1.06 bits per heavy atom. The van der Waals surface area contributed by atoms with E-state index in [0.717, 1.165) is 22.3 Å². The number of benzene rings is 2. The molecule has 0 radical (unpaired) electrons. The van der Waals surface area contributed by atoms with E-state index in [1.165, 1.54) is 6.08 Å². The van der Waals surface area contributed by atoms with Gasteiger partial charge in [0.15, 0.2) is 0 Å². The predicted octanol–water partition coefficient (Wildman–Crippen LogP) is 3.45. The van der Waals surface area contributed by atoms with Crippen molar-refractivity contribution in [1.82, 2.24) is 10.6 Å². The van der Waals surface area contributed by atoms with E-state index in [1.807, 2.05) is 36.4 Å². The highest BCUT2D eigenvalue weighted by Crippen LogP contribution is 2.44. The summed E-state index contributed by atoms with van der Waals surface area (Å²) in [5, 5.41) is 14.0. The van der Waals surface area contributed by atoms with Crippen molar-refractivity contribution in [3.63, 3.8) is 0 Å². The van der Waals surface area contributed by atoms with Crippen molar-refractivity contribution in [3.8, 4) is 11.1 Å². The van der Waals surface area contributed by atoms with Gasteiger partial charge in [-0.05, 0) is 35.6 Å². The first-order valence-corrected chi connectivity index (χ1v) is 10.1. The summed E-state index contributed by atoms with van der Waals surface area (Å²) < 4.78 is 5.48. The van der Waals surface area contributed by atoms with Crippen molar-refractivity contribution in [2.75, 3.05) is 6.61 Å². The number of carbonyl (C=O) groups excluding carboxylic acids is 2. The zero-order valence-corrected chi connectivity index (χ0v) is 17.3. The van der Waals surface area contributed by atoms with Gasteiger partial charge in [0.1, 0.15) is 12.6 Å². The van der Waals surface area contributed by atoms with Crippen LogP contribution in [0.3, 0.4) is 0 Å². The summed E-state index contributed by atoms with van der Waals surface area (Å²) in [5.41, 5.74) is 4.45. The molecule has 0 fully saturated rings. The Morgan fingerprint density at radius 2 is 1.65 bits per heavy atom. The van der Waals surface area contributed by atoms with Crippen molar-refractivity contribution in [2.45, 2.75) is 37.8 Å². The zero-order chi connectivity index (χ0) is 22.4. The number of hydrogen-bond acceptors (Lipinski definition) is 4. The van der Waals surface area contributed by atoms with Crippen LogP contribution in [0.5, 0.6) is 0 Å². The fourth-order valence-electron chi connectivity index (χ4n) is 3.84. The first-order chi connectivity index (χ1) is 14.9. The fraction of sp³-hybridized carbons (Fsp3) is 0.292. The van der Waals surface area contributed by atoms with Gasteiger partial charge in [-0.3, -0.25) is 9.59 Å². The third-order valence-corrected chi connectivity index (χ3v) is 5.22. The average Bonchev–Trinajstić information content (AvgIpc) is 3.05. The third kappa shape index (κ3) is 5.31. The number of alkyl carbamates (subject to hydrolysis) is 1. The summed E-state index contributed by atoms with van der Waals surface area (Å²) in [6, 6.07) is 14.6. The number of carboxylic acids is 1. The van der Waals surface area contributed by atoms with Gasteiger partial charge < -0.3 is 20.5 Å². The van der Waals surface area contributed by atoms with Crippen LogP contribution in [0, 0.1) is 0 Å². The van der Waals surface area contributed by atoms with Crippen LogP contribution in [0.1, 0.15) is 36.8 Å². The average molecular weight is 422 g/mol.